The fourth-order valence-corrected chi connectivity index (χ4v) is 1.77. The molecule has 1 rings (SSSR count). The van der Waals surface area contributed by atoms with Gasteiger partial charge in [0.05, 0.1) is 0 Å². The molecule has 0 heterocycles. The fraction of sp³-hybridized carbons (Fsp3) is 0.538. The molecular formula is C13H22N2. The molecule has 0 aromatic heterocycles. The van der Waals surface area contributed by atoms with Crippen molar-refractivity contribution in [3.8, 4) is 0 Å². The summed E-state index contributed by atoms with van der Waals surface area (Å²) in [7, 11) is 0. The molecule has 0 aliphatic heterocycles. The monoisotopic (exact) mass is 206 g/mol. The van der Waals surface area contributed by atoms with E-state index in [0.29, 0.717) is 6.04 Å². The topological polar surface area (TPSA) is 24.1 Å². The van der Waals surface area contributed by atoms with Crippen LogP contribution in [0.3, 0.4) is 0 Å². The molecule has 15 heavy (non-hydrogen) atoms. The third kappa shape index (κ3) is 3.56. The minimum absolute atomic E-state index is 0.508. The van der Waals surface area contributed by atoms with Crippen LogP contribution < -0.4 is 10.6 Å². The Labute approximate surface area is 93.1 Å². The lowest BCUT2D eigenvalue weighted by atomic mass is 10.1. The first-order valence-electron chi connectivity index (χ1n) is 5.68. The molecule has 0 fully saturated rings. The summed E-state index contributed by atoms with van der Waals surface area (Å²) in [6, 6.07) is 6.90. The predicted molar refractivity (Wildman–Crippen MR) is 67.5 cm³/mol. The molecule has 0 bridgehead atoms. The lowest BCUT2D eigenvalue weighted by Crippen LogP contribution is -2.32. The normalized spacial score (nSPS) is 12.5. The van der Waals surface area contributed by atoms with Gasteiger partial charge in [0, 0.05) is 18.3 Å². The minimum atomic E-state index is 0.508. The molecule has 1 aromatic rings. The van der Waals surface area contributed by atoms with Crippen LogP contribution >= 0.6 is 0 Å². The van der Waals surface area contributed by atoms with Crippen molar-refractivity contribution in [2.75, 3.05) is 18.4 Å². The van der Waals surface area contributed by atoms with Crippen molar-refractivity contribution in [3.05, 3.63) is 29.3 Å². The van der Waals surface area contributed by atoms with Crippen LogP contribution in [0.2, 0.25) is 0 Å². The molecule has 2 heteroatoms. The molecule has 0 saturated carbocycles. The van der Waals surface area contributed by atoms with Crippen LogP contribution in [0.5, 0.6) is 0 Å². The van der Waals surface area contributed by atoms with Crippen LogP contribution in [-0.2, 0) is 0 Å². The maximum Gasteiger partial charge on any atom is 0.0400 e. The Morgan fingerprint density at radius 2 is 1.80 bits per heavy atom. The zero-order valence-electron chi connectivity index (χ0n) is 10.2. The van der Waals surface area contributed by atoms with Gasteiger partial charge in [-0.05, 0) is 38.4 Å². The Morgan fingerprint density at radius 1 is 1.20 bits per heavy atom. The van der Waals surface area contributed by atoms with Crippen LogP contribution in [0.1, 0.15) is 25.0 Å². The summed E-state index contributed by atoms with van der Waals surface area (Å²) in [5, 5.41) is 6.90. The lowest BCUT2D eigenvalue weighted by molar-refractivity contribution is 0.589. The summed E-state index contributed by atoms with van der Waals surface area (Å²) >= 11 is 0. The standard InChI is InChI=1S/C13H22N2/c1-5-14-12(4)9-15-13-10(2)7-6-8-11(13)3/h6-8,12,14-15H,5,9H2,1-4H3. The molecule has 0 amide bonds. The number of benzene rings is 1. The van der Waals surface area contributed by atoms with Gasteiger partial charge < -0.3 is 10.6 Å². The molecule has 0 radical (unpaired) electrons. The summed E-state index contributed by atoms with van der Waals surface area (Å²) in [6.45, 7) is 10.6. The predicted octanol–water partition coefficient (Wildman–Crippen LogP) is 2.71. The third-order valence-electron chi connectivity index (χ3n) is 2.62. The Hall–Kier alpha value is -1.02. The largest absolute Gasteiger partial charge is 0.383 e. The van der Waals surface area contributed by atoms with E-state index >= 15 is 0 Å². The lowest BCUT2D eigenvalue weighted by Gasteiger charge is -2.17. The molecule has 0 aliphatic rings. The van der Waals surface area contributed by atoms with Gasteiger partial charge in [0.25, 0.3) is 0 Å². The number of hydrogen-bond donors (Lipinski definition) is 2. The zero-order chi connectivity index (χ0) is 11.3. The van der Waals surface area contributed by atoms with E-state index in [-0.39, 0.29) is 0 Å². The number of aryl methyl sites for hydroxylation is 2. The highest BCUT2D eigenvalue weighted by Crippen LogP contribution is 2.18. The first-order chi connectivity index (χ1) is 7.15. The van der Waals surface area contributed by atoms with Gasteiger partial charge in [0.15, 0.2) is 0 Å². The van der Waals surface area contributed by atoms with E-state index in [0.717, 1.165) is 13.1 Å². The maximum atomic E-state index is 3.50. The second-order valence-corrected chi connectivity index (χ2v) is 4.11. The van der Waals surface area contributed by atoms with E-state index < -0.39 is 0 Å². The second kappa shape index (κ2) is 5.76. The van der Waals surface area contributed by atoms with E-state index in [2.05, 4.69) is 56.5 Å². The van der Waals surface area contributed by atoms with Gasteiger partial charge in [-0.25, -0.2) is 0 Å². The Morgan fingerprint density at radius 3 is 2.33 bits per heavy atom. The Kier molecular flexibility index (Phi) is 4.63. The molecule has 0 spiro atoms. The van der Waals surface area contributed by atoms with E-state index in [1.807, 2.05) is 0 Å². The van der Waals surface area contributed by atoms with Gasteiger partial charge in [-0.3, -0.25) is 0 Å². The van der Waals surface area contributed by atoms with E-state index in [9.17, 15) is 0 Å². The zero-order valence-corrected chi connectivity index (χ0v) is 10.2. The molecular weight excluding hydrogens is 184 g/mol. The van der Waals surface area contributed by atoms with Crippen LogP contribution in [0.25, 0.3) is 0 Å². The van der Waals surface area contributed by atoms with Crippen LogP contribution in [0.4, 0.5) is 5.69 Å². The highest BCUT2D eigenvalue weighted by atomic mass is 15.0. The van der Waals surface area contributed by atoms with E-state index in [1.165, 1.54) is 16.8 Å². The first kappa shape index (κ1) is 12.1. The third-order valence-corrected chi connectivity index (χ3v) is 2.62. The van der Waals surface area contributed by atoms with Crippen molar-refractivity contribution >= 4 is 5.69 Å². The van der Waals surface area contributed by atoms with Gasteiger partial charge in [0.2, 0.25) is 0 Å². The molecule has 1 atom stereocenters. The van der Waals surface area contributed by atoms with Crippen molar-refractivity contribution in [2.45, 2.75) is 33.7 Å². The summed E-state index contributed by atoms with van der Waals surface area (Å²) in [6.07, 6.45) is 0. The molecule has 2 nitrogen and oxygen atoms in total. The van der Waals surface area contributed by atoms with Crippen molar-refractivity contribution in [2.24, 2.45) is 0 Å². The maximum absolute atomic E-state index is 3.50. The second-order valence-electron chi connectivity index (χ2n) is 4.11. The van der Waals surface area contributed by atoms with Crippen molar-refractivity contribution in [1.29, 1.82) is 0 Å². The highest BCUT2D eigenvalue weighted by Gasteiger charge is 2.03. The number of para-hydroxylation sites is 1. The molecule has 0 aliphatic carbocycles. The van der Waals surface area contributed by atoms with Crippen LogP contribution in [0.15, 0.2) is 18.2 Å². The molecule has 84 valence electrons. The fourth-order valence-electron chi connectivity index (χ4n) is 1.77. The summed E-state index contributed by atoms with van der Waals surface area (Å²) in [5.74, 6) is 0. The van der Waals surface area contributed by atoms with Gasteiger partial charge in [-0.15, -0.1) is 0 Å². The average molecular weight is 206 g/mol. The summed E-state index contributed by atoms with van der Waals surface area (Å²) < 4.78 is 0. The summed E-state index contributed by atoms with van der Waals surface area (Å²) in [5.41, 5.74) is 3.92. The molecule has 1 aromatic carbocycles. The smallest absolute Gasteiger partial charge is 0.0400 e. The number of rotatable bonds is 5. The first-order valence-corrected chi connectivity index (χ1v) is 5.68. The molecule has 1 unspecified atom stereocenters. The van der Waals surface area contributed by atoms with Crippen molar-refractivity contribution < 1.29 is 0 Å². The number of nitrogens with one attached hydrogen (secondary N) is 2. The SMILES string of the molecule is CCNC(C)CNc1c(C)cccc1C. The van der Waals surface area contributed by atoms with Gasteiger partial charge in [-0.2, -0.15) is 0 Å². The van der Waals surface area contributed by atoms with Gasteiger partial charge in [0.1, 0.15) is 0 Å². The quantitative estimate of drug-likeness (QED) is 0.774. The van der Waals surface area contributed by atoms with Crippen LogP contribution in [-0.4, -0.2) is 19.1 Å². The Balaban J connectivity index is 2.57. The van der Waals surface area contributed by atoms with E-state index in [1.54, 1.807) is 0 Å². The van der Waals surface area contributed by atoms with E-state index in [4.69, 9.17) is 0 Å². The van der Waals surface area contributed by atoms with Crippen LogP contribution in [0, 0.1) is 13.8 Å². The molecule has 2 N–H and O–H groups in total. The summed E-state index contributed by atoms with van der Waals surface area (Å²) in [4.78, 5) is 0. The number of likely N-dealkylation sites (N-methyl/N-ethyl adjacent to an activating group) is 1. The molecule has 0 saturated heterocycles. The minimum Gasteiger partial charge on any atom is -0.383 e. The van der Waals surface area contributed by atoms with Crippen molar-refractivity contribution in [1.82, 2.24) is 5.32 Å². The average Bonchev–Trinajstić information content (AvgIpc) is 2.17. The number of hydrogen-bond acceptors (Lipinski definition) is 2. The van der Waals surface area contributed by atoms with Gasteiger partial charge in [-0.1, -0.05) is 25.1 Å². The number of anilines is 1. The Bertz CT molecular complexity index is 287. The van der Waals surface area contributed by atoms with Gasteiger partial charge >= 0.3 is 0 Å². The highest BCUT2D eigenvalue weighted by molar-refractivity contribution is 5.56. The van der Waals surface area contributed by atoms with Crippen molar-refractivity contribution in [3.63, 3.8) is 0 Å².